The topological polar surface area (TPSA) is 72.5 Å². The Morgan fingerprint density at radius 1 is 1.09 bits per heavy atom. The fourth-order valence-corrected chi connectivity index (χ4v) is 3.88. The number of nitrogens with one attached hydrogen (secondary N) is 1. The molecule has 0 saturated carbocycles. The molecule has 0 fully saturated rings. The largest absolute Gasteiger partial charge is 0.455 e. The van der Waals surface area contributed by atoms with E-state index in [4.69, 9.17) is 4.74 Å². The number of alkyl halides is 2. The number of benzene rings is 1. The van der Waals surface area contributed by atoms with Crippen molar-refractivity contribution in [3.63, 3.8) is 0 Å². The van der Waals surface area contributed by atoms with Gasteiger partial charge in [0.2, 0.25) is 5.91 Å². The van der Waals surface area contributed by atoms with Crippen LogP contribution >= 0.6 is 31.9 Å². The Balaban J connectivity index is 3.24. The first kappa shape index (κ1) is 19.8. The van der Waals surface area contributed by atoms with Crippen LogP contribution in [0.2, 0.25) is 0 Å². The van der Waals surface area contributed by atoms with Crippen molar-refractivity contribution in [1.82, 2.24) is 5.32 Å². The van der Waals surface area contributed by atoms with Crippen LogP contribution in [0.3, 0.4) is 0 Å². The zero-order chi connectivity index (χ0) is 17.8. The summed E-state index contributed by atoms with van der Waals surface area (Å²) in [6.07, 6.45) is -0.901. The second-order valence-electron chi connectivity index (χ2n) is 5.66. The van der Waals surface area contributed by atoms with Crippen LogP contribution in [0.5, 0.6) is 0 Å². The highest BCUT2D eigenvalue weighted by atomic mass is 79.9. The van der Waals surface area contributed by atoms with Gasteiger partial charge in [-0.15, -0.1) is 0 Å². The third kappa shape index (κ3) is 5.14. The smallest absolute Gasteiger partial charge is 0.303 e. The lowest BCUT2D eigenvalue weighted by Gasteiger charge is -2.35. The van der Waals surface area contributed by atoms with E-state index < -0.39 is 20.8 Å². The van der Waals surface area contributed by atoms with Gasteiger partial charge >= 0.3 is 5.97 Å². The monoisotopic (exact) mass is 447 g/mol. The van der Waals surface area contributed by atoms with Crippen molar-refractivity contribution in [3.8, 4) is 0 Å². The van der Waals surface area contributed by atoms with Crippen molar-refractivity contribution in [1.29, 1.82) is 0 Å². The normalized spacial score (nSPS) is 13.1. The molecule has 1 unspecified atom stereocenters. The van der Waals surface area contributed by atoms with Crippen molar-refractivity contribution < 1.29 is 19.1 Å². The zero-order valence-electron chi connectivity index (χ0n) is 13.4. The molecule has 0 bridgehead atoms. The van der Waals surface area contributed by atoms with Gasteiger partial charge in [0.15, 0.2) is 15.1 Å². The summed E-state index contributed by atoms with van der Waals surface area (Å²) < 4.78 is 3.97. The second-order valence-corrected chi connectivity index (χ2v) is 9.22. The summed E-state index contributed by atoms with van der Waals surface area (Å²) in [6, 6.07) is 8.89. The molecule has 0 saturated heterocycles. The molecule has 1 N–H and O–H groups in total. The van der Waals surface area contributed by atoms with Gasteiger partial charge in [0.1, 0.15) is 0 Å². The van der Waals surface area contributed by atoms with Gasteiger partial charge in [0.05, 0.1) is 5.54 Å². The first-order valence-electron chi connectivity index (χ1n) is 6.92. The fraction of sp³-hybridized carbons (Fsp3) is 0.438. The number of ketones is 1. The molecule has 1 aromatic rings. The van der Waals surface area contributed by atoms with Crippen molar-refractivity contribution in [2.45, 2.75) is 42.6 Å². The lowest BCUT2D eigenvalue weighted by molar-refractivity contribution is -0.149. The summed E-state index contributed by atoms with van der Waals surface area (Å²) in [5.74, 6) is -1.23. The molecule has 0 aliphatic rings. The molecule has 1 atom stereocenters. The van der Waals surface area contributed by atoms with Crippen LogP contribution in [-0.4, -0.2) is 26.4 Å². The van der Waals surface area contributed by atoms with Gasteiger partial charge in [-0.2, -0.15) is 0 Å². The minimum Gasteiger partial charge on any atom is -0.455 e. The highest BCUT2D eigenvalue weighted by Gasteiger charge is 2.50. The molecule has 0 heterocycles. The van der Waals surface area contributed by atoms with Crippen LogP contribution < -0.4 is 5.32 Å². The molecule has 0 radical (unpaired) electrons. The molecule has 1 rings (SSSR count). The van der Waals surface area contributed by atoms with Gasteiger partial charge in [-0.3, -0.25) is 14.4 Å². The Morgan fingerprint density at radius 2 is 1.61 bits per heavy atom. The van der Waals surface area contributed by atoms with E-state index in [1.807, 2.05) is 6.07 Å². The molecule has 7 heteroatoms. The molecule has 1 amide bonds. The van der Waals surface area contributed by atoms with Crippen LogP contribution in [-0.2, 0) is 19.1 Å². The van der Waals surface area contributed by atoms with Crippen LogP contribution in [0.4, 0.5) is 0 Å². The quantitative estimate of drug-likeness (QED) is 0.535. The van der Waals surface area contributed by atoms with E-state index in [-0.39, 0.29) is 11.7 Å². The number of carbonyl (C=O) groups excluding carboxylic acids is 3. The van der Waals surface area contributed by atoms with E-state index in [1.165, 1.54) is 13.8 Å². The van der Waals surface area contributed by atoms with E-state index in [1.54, 1.807) is 38.1 Å². The Kier molecular flexibility index (Phi) is 6.53. The average Bonchev–Trinajstić information content (AvgIpc) is 2.43. The average molecular weight is 449 g/mol. The summed E-state index contributed by atoms with van der Waals surface area (Å²) in [4.78, 5) is 35.7. The Bertz CT molecular complexity index is 599. The third-order valence-corrected chi connectivity index (χ3v) is 4.63. The van der Waals surface area contributed by atoms with Crippen LogP contribution in [0.1, 0.15) is 39.4 Å². The lowest BCUT2D eigenvalue weighted by Crippen LogP contribution is -2.56. The highest BCUT2D eigenvalue weighted by molar-refractivity contribution is 9.26. The van der Waals surface area contributed by atoms with Gasteiger partial charge in [0.25, 0.3) is 0 Å². The molecule has 0 aromatic heterocycles. The van der Waals surface area contributed by atoms with E-state index in [9.17, 15) is 14.4 Å². The number of carbonyl (C=O) groups is 3. The minimum atomic E-state index is -1.39. The van der Waals surface area contributed by atoms with Crippen LogP contribution in [0, 0.1) is 0 Å². The maximum absolute atomic E-state index is 12.9. The molecule has 23 heavy (non-hydrogen) atoms. The molecule has 5 nitrogen and oxygen atoms in total. The number of rotatable bonds is 6. The number of hydrogen-bond acceptors (Lipinski definition) is 4. The molecule has 0 spiro atoms. The van der Waals surface area contributed by atoms with Gasteiger partial charge in [-0.25, -0.2) is 0 Å². The van der Waals surface area contributed by atoms with Gasteiger partial charge in [0, 0.05) is 13.8 Å². The molecule has 0 aliphatic heterocycles. The van der Waals surface area contributed by atoms with E-state index >= 15 is 0 Å². The van der Waals surface area contributed by atoms with Crippen molar-refractivity contribution in [2.24, 2.45) is 0 Å². The van der Waals surface area contributed by atoms with Crippen molar-refractivity contribution in [2.75, 3.05) is 0 Å². The number of hydrogen-bond donors (Lipinski definition) is 1. The maximum Gasteiger partial charge on any atom is 0.303 e. The number of Topliss-reactive ketones (excluding diaryl/α,β-unsaturated/α-hetero) is 1. The van der Waals surface area contributed by atoms with E-state index in [0.717, 1.165) is 0 Å². The summed E-state index contributed by atoms with van der Waals surface area (Å²) in [6.45, 7) is 5.78. The molecule has 126 valence electrons. The van der Waals surface area contributed by atoms with Crippen LogP contribution in [0.25, 0.3) is 0 Å². The van der Waals surface area contributed by atoms with E-state index in [0.29, 0.717) is 5.56 Å². The molecule has 1 aromatic carbocycles. The molecular formula is C16H19Br2NO4. The third-order valence-electron chi connectivity index (χ3n) is 3.07. The van der Waals surface area contributed by atoms with Crippen molar-refractivity contribution in [3.05, 3.63) is 35.9 Å². The van der Waals surface area contributed by atoms with Gasteiger partial charge in [-0.05, 0) is 19.4 Å². The number of ether oxygens (including phenoxy) is 1. The minimum absolute atomic E-state index is 0.331. The standard InChI is InChI=1S/C16H19Br2NO4/c1-10(20)19-15(3,4)14(22)16(17,18)13(23-11(2)21)12-8-6-5-7-9-12/h5-9,13H,1-4H3,(H,19,20). The second kappa shape index (κ2) is 7.57. The van der Waals surface area contributed by atoms with Gasteiger partial charge < -0.3 is 10.1 Å². The summed E-state index contributed by atoms with van der Waals surface area (Å²) in [5.41, 5.74) is -0.519. The Labute approximate surface area is 152 Å². The SMILES string of the molecule is CC(=O)NC(C)(C)C(=O)C(Br)(Br)C(OC(C)=O)c1ccccc1. The summed E-state index contributed by atoms with van der Waals surface area (Å²) in [7, 11) is 0. The van der Waals surface area contributed by atoms with Gasteiger partial charge in [-0.1, -0.05) is 62.2 Å². The maximum atomic E-state index is 12.9. The number of amides is 1. The number of esters is 1. The van der Waals surface area contributed by atoms with E-state index in [2.05, 4.69) is 37.2 Å². The first-order chi connectivity index (χ1) is 10.5. The molecular weight excluding hydrogens is 430 g/mol. The predicted molar refractivity (Wildman–Crippen MR) is 94.4 cm³/mol. The summed E-state index contributed by atoms with van der Waals surface area (Å²) >= 11 is 6.69. The highest BCUT2D eigenvalue weighted by Crippen LogP contribution is 2.45. The Morgan fingerprint density at radius 3 is 2.04 bits per heavy atom. The van der Waals surface area contributed by atoms with Crippen molar-refractivity contribution >= 4 is 49.5 Å². The summed E-state index contributed by atoms with van der Waals surface area (Å²) in [5, 5.41) is 2.60. The Hall–Kier alpha value is -1.21. The number of halogens is 2. The fourth-order valence-electron chi connectivity index (χ4n) is 2.18. The zero-order valence-corrected chi connectivity index (χ0v) is 16.5. The van der Waals surface area contributed by atoms with Crippen LogP contribution in [0.15, 0.2) is 30.3 Å². The molecule has 0 aliphatic carbocycles. The predicted octanol–water partition coefficient (Wildman–Crippen LogP) is 3.26. The lowest BCUT2D eigenvalue weighted by atomic mass is 9.92. The first-order valence-corrected chi connectivity index (χ1v) is 8.50.